The maximum Gasteiger partial charge on any atom is 0.303 e. The quantitative estimate of drug-likeness (QED) is 0.502. The fourth-order valence-corrected chi connectivity index (χ4v) is 3.00. The SMILES string of the molecule is CC(=O)O[C@H]1[C@@H]([C@H]2COC(C)(C)O2)O/C(=C\I)[C@@H]1OC(C)=O. The average molecular weight is 426 g/mol. The highest BCUT2D eigenvalue weighted by molar-refractivity contribution is 14.1. The van der Waals surface area contributed by atoms with Gasteiger partial charge in [0.1, 0.15) is 11.9 Å². The molecule has 0 spiro atoms. The number of hydrogen-bond donors (Lipinski definition) is 0. The van der Waals surface area contributed by atoms with Crippen LogP contribution >= 0.6 is 22.6 Å². The molecule has 8 heteroatoms. The first kappa shape index (κ1) is 17.5. The number of hydrogen-bond acceptors (Lipinski definition) is 7. The highest BCUT2D eigenvalue weighted by Gasteiger charge is 2.53. The van der Waals surface area contributed by atoms with Crippen LogP contribution in [0, 0.1) is 0 Å². The Balaban J connectivity index is 2.24. The van der Waals surface area contributed by atoms with Gasteiger partial charge >= 0.3 is 11.9 Å². The number of esters is 2. The molecule has 0 radical (unpaired) electrons. The summed E-state index contributed by atoms with van der Waals surface area (Å²) in [5.41, 5.74) is 0. The van der Waals surface area contributed by atoms with E-state index in [2.05, 4.69) is 0 Å². The van der Waals surface area contributed by atoms with Crippen LogP contribution in [0.2, 0.25) is 0 Å². The Morgan fingerprint density at radius 1 is 1.27 bits per heavy atom. The summed E-state index contributed by atoms with van der Waals surface area (Å²) in [4.78, 5) is 22.7. The molecular weight excluding hydrogens is 407 g/mol. The fourth-order valence-electron chi connectivity index (χ4n) is 2.50. The lowest BCUT2D eigenvalue weighted by Gasteiger charge is -2.25. The second kappa shape index (κ2) is 6.71. The molecule has 2 rings (SSSR count). The molecule has 0 bridgehead atoms. The zero-order valence-electron chi connectivity index (χ0n) is 12.8. The zero-order chi connectivity index (χ0) is 16.5. The van der Waals surface area contributed by atoms with Crippen molar-refractivity contribution in [1.82, 2.24) is 0 Å². The molecule has 2 saturated heterocycles. The number of ether oxygens (including phenoxy) is 5. The lowest BCUT2D eigenvalue weighted by Crippen LogP contribution is -2.44. The van der Waals surface area contributed by atoms with Gasteiger partial charge in [-0.2, -0.15) is 0 Å². The van der Waals surface area contributed by atoms with Gasteiger partial charge in [-0.1, -0.05) is 0 Å². The van der Waals surface area contributed by atoms with Crippen molar-refractivity contribution < 1.29 is 33.3 Å². The molecule has 2 heterocycles. The van der Waals surface area contributed by atoms with Gasteiger partial charge in [-0.05, 0) is 36.4 Å². The van der Waals surface area contributed by atoms with Gasteiger partial charge in [0.2, 0.25) is 0 Å². The summed E-state index contributed by atoms with van der Waals surface area (Å²) in [6.07, 6.45) is -2.58. The van der Waals surface area contributed by atoms with Gasteiger partial charge in [-0.25, -0.2) is 0 Å². The summed E-state index contributed by atoms with van der Waals surface area (Å²) in [5, 5.41) is 0. The molecule has 0 aliphatic carbocycles. The van der Waals surface area contributed by atoms with Gasteiger partial charge in [0.25, 0.3) is 0 Å². The Bertz CT molecular complexity index is 488. The first-order valence-corrected chi connectivity index (χ1v) is 8.11. The molecule has 0 unspecified atom stereocenters. The number of rotatable bonds is 3. The van der Waals surface area contributed by atoms with E-state index in [0.29, 0.717) is 12.4 Å². The van der Waals surface area contributed by atoms with Gasteiger partial charge in [-0.15, -0.1) is 0 Å². The second-order valence-corrected chi connectivity index (χ2v) is 6.19. The largest absolute Gasteiger partial charge is 0.483 e. The van der Waals surface area contributed by atoms with Crippen LogP contribution in [0.25, 0.3) is 0 Å². The van der Waals surface area contributed by atoms with Gasteiger partial charge < -0.3 is 23.7 Å². The lowest BCUT2D eigenvalue weighted by molar-refractivity contribution is -0.173. The molecule has 0 aromatic heterocycles. The van der Waals surface area contributed by atoms with Gasteiger partial charge in [0, 0.05) is 17.9 Å². The molecule has 0 aromatic rings. The van der Waals surface area contributed by atoms with Crippen LogP contribution in [0.4, 0.5) is 0 Å². The third kappa shape index (κ3) is 3.90. The van der Waals surface area contributed by atoms with E-state index in [9.17, 15) is 9.59 Å². The van der Waals surface area contributed by atoms with E-state index in [1.165, 1.54) is 13.8 Å². The molecular formula is C14H19IO7. The maximum absolute atomic E-state index is 11.4. The van der Waals surface area contributed by atoms with Crippen LogP contribution in [0.3, 0.4) is 0 Å². The highest BCUT2D eigenvalue weighted by atomic mass is 127. The molecule has 7 nitrogen and oxygen atoms in total. The molecule has 0 saturated carbocycles. The smallest absolute Gasteiger partial charge is 0.303 e. The molecule has 2 aliphatic heterocycles. The van der Waals surface area contributed by atoms with Crippen LogP contribution in [-0.2, 0) is 33.3 Å². The number of carbonyl (C=O) groups excluding carboxylic acids is 2. The average Bonchev–Trinajstić information content (AvgIpc) is 2.90. The molecule has 2 aliphatic rings. The van der Waals surface area contributed by atoms with Crippen LogP contribution in [-0.4, -0.2) is 48.7 Å². The van der Waals surface area contributed by atoms with Crippen molar-refractivity contribution in [2.45, 2.75) is 57.9 Å². The first-order chi connectivity index (χ1) is 10.2. The summed E-state index contributed by atoms with van der Waals surface area (Å²) in [5.74, 6) is -1.27. The van der Waals surface area contributed by atoms with E-state index < -0.39 is 42.1 Å². The summed E-state index contributed by atoms with van der Waals surface area (Å²) < 4.78 is 29.4. The van der Waals surface area contributed by atoms with Crippen molar-refractivity contribution in [1.29, 1.82) is 0 Å². The summed E-state index contributed by atoms with van der Waals surface area (Å²) in [6.45, 7) is 6.48. The van der Waals surface area contributed by atoms with Crippen molar-refractivity contribution in [3.05, 3.63) is 9.84 Å². The van der Waals surface area contributed by atoms with Crippen molar-refractivity contribution in [2.24, 2.45) is 0 Å². The van der Waals surface area contributed by atoms with E-state index in [1.807, 2.05) is 22.6 Å². The predicted octanol–water partition coefficient (Wildman–Crippen LogP) is 1.68. The van der Waals surface area contributed by atoms with Crippen molar-refractivity contribution in [3.8, 4) is 0 Å². The molecule has 2 fully saturated rings. The second-order valence-electron chi connectivity index (χ2n) is 5.57. The van der Waals surface area contributed by atoms with Crippen molar-refractivity contribution in [2.75, 3.05) is 6.61 Å². The first-order valence-electron chi connectivity index (χ1n) is 6.86. The van der Waals surface area contributed by atoms with Crippen LogP contribution < -0.4 is 0 Å². The van der Waals surface area contributed by atoms with Gasteiger partial charge in [0.05, 0.1) is 6.61 Å². The third-order valence-electron chi connectivity index (χ3n) is 3.27. The lowest BCUT2D eigenvalue weighted by atomic mass is 10.1. The van der Waals surface area contributed by atoms with E-state index in [0.717, 1.165) is 0 Å². The number of halogens is 1. The maximum atomic E-state index is 11.4. The predicted molar refractivity (Wildman–Crippen MR) is 83.0 cm³/mol. The molecule has 0 N–H and O–H groups in total. The zero-order valence-corrected chi connectivity index (χ0v) is 15.0. The molecule has 124 valence electrons. The minimum absolute atomic E-state index is 0.302. The standard InChI is InChI=1S/C14H19IO7/c1-7(16)19-11-9(5-15)21-12(13(11)20-8(2)17)10-6-18-14(3,4)22-10/h5,10-13H,6H2,1-4H3/b9-5-/t10-,11+,12-,13-/m1/s1. The Labute approximate surface area is 142 Å². The van der Waals surface area contributed by atoms with Crippen molar-refractivity contribution >= 4 is 34.5 Å². The van der Waals surface area contributed by atoms with E-state index in [1.54, 1.807) is 17.9 Å². The minimum atomic E-state index is -0.782. The van der Waals surface area contributed by atoms with E-state index >= 15 is 0 Å². The van der Waals surface area contributed by atoms with Crippen LogP contribution in [0.15, 0.2) is 9.84 Å². The Hall–Kier alpha value is -0.870. The topological polar surface area (TPSA) is 80.3 Å². The van der Waals surface area contributed by atoms with Gasteiger partial charge in [0.15, 0.2) is 24.1 Å². The normalized spacial score (nSPS) is 35.2. The summed E-state index contributed by atoms with van der Waals surface area (Å²) >= 11 is 1.98. The number of carbonyl (C=O) groups is 2. The Morgan fingerprint density at radius 3 is 2.36 bits per heavy atom. The molecule has 0 aromatic carbocycles. The van der Waals surface area contributed by atoms with Crippen molar-refractivity contribution in [3.63, 3.8) is 0 Å². The summed E-state index contributed by atoms with van der Waals surface area (Å²) in [6, 6.07) is 0. The fraction of sp³-hybridized carbons (Fsp3) is 0.714. The molecule has 4 atom stereocenters. The molecule has 22 heavy (non-hydrogen) atoms. The van der Waals surface area contributed by atoms with E-state index in [4.69, 9.17) is 23.7 Å². The monoisotopic (exact) mass is 426 g/mol. The summed E-state index contributed by atoms with van der Waals surface area (Å²) in [7, 11) is 0. The minimum Gasteiger partial charge on any atom is -0.483 e. The van der Waals surface area contributed by atoms with E-state index in [-0.39, 0.29) is 0 Å². The van der Waals surface area contributed by atoms with Crippen LogP contribution in [0.5, 0.6) is 0 Å². The third-order valence-corrected chi connectivity index (χ3v) is 3.89. The molecule has 0 amide bonds. The Kier molecular flexibility index (Phi) is 5.33. The Morgan fingerprint density at radius 2 is 1.91 bits per heavy atom. The van der Waals surface area contributed by atoms with Gasteiger partial charge in [-0.3, -0.25) is 9.59 Å². The van der Waals surface area contributed by atoms with Crippen LogP contribution in [0.1, 0.15) is 27.7 Å². The highest BCUT2D eigenvalue weighted by Crippen LogP contribution is 2.37.